The largest absolute Gasteiger partial charge is 0.385 e. The third-order valence-electron chi connectivity index (χ3n) is 4.12. The van der Waals surface area contributed by atoms with E-state index in [1.54, 1.807) is 12.1 Å². The Morgan fingerprint density at radius 3 is 2.24 bits per heavy atom. The summed E-state index contributed by atoms with van der Waals surface area (Å²) in [5, 5.41) is 3.39. The summed E-state index contributed by atoms with van der Waals surface area (Å²) in [4.78, 5) is 0.321. The van der Waals surface area contributed by atoms with Gasteiger partial charge >= 0.3 is 0 Å². The maximum atomic E-state index is 12.0. The average Bonchev–Trinajstić information content (AvgIpc) is 2.47. The molecule has 0 heterocycles. The number of hydrogen-bond donors (Lipinski definition) is 2. The van der Waals surface area contributed by atoms with Crippen LogP contribution in [0.15, 0.2) is 29.2 Å². The fraction of sp³-hybridized carbons (Fsp3) is 0.600. The molecule has 1 saturated carbocycles. The first-order valence-corrected chi connectivity index (χ1v) is 8.85. The molecule has 3 N–H and O–H groups in total. The van der Waals surface area contributed by atoms with Crippen molar-refractivity contribution in [3.8, 4) is 0 Å². The van der Waals surface area contributed by atoms with Crippen LogP contribution in [-0.2, 0) is 10.0 Å². The fourth-order valence-corrected chi connectivity index (χ4v) is 3.51. The summed E-state index contributed by atoms with van der Waals surface area (Å²) in [6, 6.07) is 7.32. The van der Waals surface area contributed by atoms with Crippen molar-refractivity contribution in [3.05, 3.63) is 24.3 Å². The summed E-state index contributed by atoms with van der Waals surface area (Å²) in [6.45, 7) is 0.923. The monoisotopic (exact) mass is 311 g/mol. The summed E-state index contributed by atoms with van der Waals surface area (Å²) >= 11 is 0. The van der Waals surface area contributed by atoms with Crippen LogP contribution in [0, 0.1) is 5.92 Å². The van der Waals surface area contributed by atoms with E-state index in [0.717, 1.165) is 25.1 Å². The average molecular weight is 311 g/mol. The van der Waals surface area contributed by atoms with Gasteiger partial charge in [-0.3, -0.25) is 0 Å². The Morgan fingerprint density at radius 1 is 1.14 bits per heavy atom. The minimum absolute atomic E-state index is 0.321. The Kier molecular flexibility index (Phi) is 5.24. The molecule has 0 aliphatic heterocycles. The molecule has 5 nitrogen and oxygen atoms in total. The smallest absolute Gasteiger partial charge is 0.242 e. The number of anilines is 1. The van der Waals surface area contributed by atoms with Gasteiger partial charge in [-0.1, -0.05) is 0 Å². The number of nitrogens with one attached hydrogen (secondary N) is 1. The zero-order valence-electron chi connectivity index (χ0n) is 12.7. The second kappa shape index (κ2) is 6.77. The molecule has 118 valence electrons. The van der Waals surface area contributed by atoms with Gasteiger partial charge in [0.2, 0.25) is 10.0 Å². The molecule has 1 fully saturated rings. The van der Waals surface area contributed by atoms with Crippen LogP contribution in [0.5, 0.6) is 0 Å². The van der Waals surface area contributed by atoms with Crippen molar-refractivity contribution in [1.82, 2.24) is 4.31 Å². The molecule has 21 heavy (non-hydrogen) atoms. The first-order valence-electron chi connectivity index (χ1n) is 7.41. The van der Waals surface area contributed by atoms with E-state index in [0.29, 0.717) is 16.9 Å². The number of nitrogens with two attached hydrogens (primary N) is 1. The second-order valence-corrected chi connectivity index (χ2v) is 8.13. The van der Waals surface area contributed by atoms with Crippen molar-refractivity contribution >= 4 is 15.7 Å². The number of sulfonamides is 1. The van der Waals surface area contributed by atoms with Crippen molar-refractivity contribution < 1.29 is 8.42 Å². The SMILES string of the molecule is CN(C)S(=O)(=O)c1ccc(NCC2CCC(N)CC2)cc1. The molecule has 6 heteroatoms. The van der Waals surface area contributed by atoms with Crippen LogP contribution in [0.25, 0.3) is 0 Å². The Hall–Kier alpha value is -1.11. The van der Waals surface area contributed by atoms with E-state index < -0.39 is 10.0 Å². The summed E-state index contributed by atoms with van der Waals surface area (Å²) in [7, 11) is -0.270. The summed E-state index contributed by atoms with van der Waals surface area (Å²) in [5.74, 6) is 0.662. The number of hydrogen-bond acceptors (Lipinski definition) is 4. The molecule has 1 aliphatic rings. The summed E-state index contributed by atoms with van der Waals surface area (Å²) in [5.41, 5.74) is 6.87. The first kappa shape index (κ1) is 16.3. The molecule has 2 rings (SSSR count). The van der Waals surface area contributed by atoms with Gasteiger partial charge in [-0.15, -0.1) is 0 Å². The maximum absolute atomic E-state index is 12.0. The maximum Gasteiger partial charge on any atom is 0.242 e. The highest BCUT2D eigenvalue weighted by atomic mass is 32.2. The van der Waals surface area contributed by atoms with Gasteiger partial charge in [0.25, 0.3) is 0 Å². The van der Waals surface area contributed by atoms with Gasteiger partial charge < -0.3 is 11.1 Å². The van der Waals surface area contributed by atoms with Crippen LogP contribution in [0.2, 0.25) is 0 Å². The van der Waals surface area contributed by atoms with Crippen LogP contribution in [0.3, 0.4) is 0 Å². The van der Waals surface area contributed by atoms with E-state index in [1.165, 1.54) is 31.2 Å². The van der Waals surface area contributed by atoms with Gasteiger partial charge in [0, 0.05) is 32.4 Å². The zero-order chi connectivity index (χ0) is 15.5. The minimum atomic E-state index is -3.34. The first-order chi connectivity index (χ1) is 9.89. The lowest BCUT2D eigenvalue weighted by molar-refractivity contribution is 0.339. The summed E-state index contributed by atoms with van der Waals surface area (Å²) in [6.07, 6.45) is 4.54. The molecule has 0 amide bonds. The van der Waals surface area contributed by atoms with Crippen molar-refractivity contribution in [2.24, 2.45) is 11.7 Å². The van der Waals surface area contributed by atoms with Crippen LogP contribution in [0.1, 0.15) is 25.7 Å². The van der Waals surface area contributed by atoms with Crippen molar-refractivity contribution in [1.29, 1.82) is 0 Å². The highest BCUT2D eigenvalue weighted by molar-refractivity contribution is 7.89. The van der Waals surface area contributed by atoms with E-state index in [-0.39, 0.29) is 0 Å². The number of nitrogens with zero attached hydrogens (tertiary/aromatic N) is 1. The molecule has 1 aliphatic carbocycles. The number of benzene rings is 1. The normalized spacial score (nSPS) is 23.2. The van der Waals surface area contributed by atoms with Gasteiger partial charge in [-0.05, 0) is 55.9 Å². The zero-order valence-corrected chi connectivity index (χ0v) is 13.6. The molecule has 1 aromatic rings. The predicted molar refractivity (Wildman–Crippen MR) is 85.7 cm³/mol. The van der Waals surface area contributed by atoms with Crippen LogP contribution in [-0.4, -0.2) is 39.4 Å². The van der Waals surface area contributed by atoms with Crippen LogP contribution in [0.4, 0.5) is 5.69 Å². The molecule has 0 unspecified atom stereocenters. The highest BCUT2D eigenvalue weighted by Gasteiger charge is 2.19. The van der Waals surface area contributed by atoms with E-state index in [9.17, 15) is 8.42 Å². The topological polar surface area (TPSA) is 75.4 Å². The van der Waals surface area contributed by atoms with Crippen LogP contribution < -0.4 is 11.1 Å². The molecule has 1 aromatic carbocycles. The van der Waals surface area contributed by atoms with E-state index in [4.69, 9.17) is 5.73 Å². The minimum Gasteiger partial charge on any atom is -0.385 e. The quantitative estimate of drug-likeness (QED) is 0.870. The predicted octanol–water partition coefficient (Wildman–Crippen LogP) is 1.87. The van der Waals surface area contributed by atoms with Gasteiger partial charge in [0.05, 0.1) is 4.90 Å². The van der Waals surface area contributed by atoms with Gasteiger partial charge in [-0.25, -0.2) is 12.7 Å². The lowest BCUT2D eigenvalue weighted by atomic mass is 9.86. The Balaban J connectivity index is 1.91. The molecule has 0 radical (unpaired) electrons. The molecular weight excluding hydrogens is 286 g/mol. The molecule has 0 bridgehead atoms. The molecule has 0 saturated heterocycles. The van der Waals surface area contributed by atoms with E-state index >= 15 is 0 Å². The molecular formula is C15H25N3O2S. The van der Waals surface area contributed by atoms with Gasteiger partial charge in [-0.2, -0.15) is 0 Å². The van der Waals surface area contributed by atoms with E-state index in [1.807, 2.05) is 12.1 Å². The standard InChI is InChI=1S/C15H25N3O2S/c1-18(2)21(19,20)15-9-7-14(8-10-15)17-11-12-3-5-13(16)6-4-12/h7-10,12-13,17H,3-6,11,16H2,1-2H3. The third-order valence-corrected chi connectivity index (χ3v) is 5.95. The lowest BCUT2D eigenvalue weighted by Gasteiger charge is -2.26. The lowest BCUT2D eigenvalue weighted by Crippen LogP contribution is -2.29. The molecule has 0 aromatic heterocycles. The van der Waals surface area contributed by atoms with Crippen LogP contribution >= 0.6 is 0 Å². The van der Waals surface area contributed by atoms with Crippen molar-refractivity contribution in [3.63, 3.8) is 0 Å². The second-order valence-electron chi connectivity index (χ2n) is 5.97. The Labute approximate surface area is 127 Å². The summed E-state index contributed by atoms with van der Waals surface area (Å²) < 4.78 is 25.2. The Morgan fingerprint density at radius 2 is 1.71 bits per heavy atom. The highest BCUT2D eigenvalue weighted by Crippen LogP contribution is 2.24. The fourth-order valence-electron chi connectivity index (χ4n) is 2.61. The van der Waals surface area contributed by atoms with E-state index in [2.05, 4.69) is 5.32 Å². The molecule has 0 spiro atoms. The van der Waals surface area contributed by atoms with Gasteiger partial charge in [0.1, 0.15) is 0 Å². The Bertz CT molecular complexity index is 547. The number of rotatable bonds is 5. The van der Waals surface area contributed by atoms with Crippen molar-refractivity contribution in [2.75, 3.05) is 26.0 Å². The van der Waals surface area contributed by atoms with Gasteiger partial charge in [0.15, 0.2) is 0 Å². The third kappa shape index (κ3) is 4.18. The molecule has 0 atom stereocenters. The van der Waals surface area contributed by atoms with Crippen molar-refractivity contribution in [2.45, 2.75) is 36.6 Å².